The van der Waals surface area contributed by atoms with E-state index < -0.39 is 0 Å². The Labute approximate surface area is 109 Å². The zero-order chi connectivity index (χ0) is 13.2. The van der Waals surface area contributed by atoms with Crippen molar-refractivity contribution in [1.29, 1.82) is 0 Å². The van der Waals surface area contributed by atoms with Crippen molar-refractivity contribution in [3.63, 3.8) is 0 Å². The van der Waals surface area contributed by atoms with Crippen LogP contribution in [0.4, 0.5) is 0 Å². The van der Waals surface area contributed by atoms with Gasteiger partial charge < -0.3 is 15.2 Å². The molecule has 1 aliphatic carbocycles. The normalized spacial score (nSPS) is 18.4. The van der Waals surface area contributed by atoms with E-state index in [0.717, 1.165) is 29.9 Å². The van der Waals surface area contributed by atoms with Gasteiger partial charge in [-0.2, -0.15) is 0 Å². The third kappa shape index (κ3) is 2.32. The van der Waals surface area contributed by atoms with Crippen LogP contribution in [0, 0.1) is 6.92 Å². The first kappa shape index (κ1) is 13.2. The van der Waals surface area contributed by atoms with Gasteiger partial charge in [-0.3, -0.25) is 0 Å². The first-order valence-electron chi connectivity index (χ1n) is 6.63. The molecule has 0 bridgehead atoms. The van der Waals surface area contributed by atoms with Crippen LogP contribution in [-0.2, 0) is 5.54 Å². The largest absolute Gasteiger partial charge is 0.497 e. The van der Waals surface area contributed by atoms with Crippen molar-refractivity contribution in [2.75, 3.05) is 14.2 Å². The van der Waals surface area contributed by atoms with Crippen molar-refractivity contribution in [2.45, 2.75) is 44.6 Å². The molecule has 0 atom stereocenters. The second kappa shape index (κ2) is 5.19. The standard InChI is InChI=1S/C15H23NO2/c1-11-13(15(16)7-5-4-6-8-15)9-12(17-2)10-14(11)18-3/h9-10H,4-8,16H2,1-3H3. The minimum atomic E-state index is -0.218. The molecule has 1 aromatic rings. The van der Waals surface area contributed by atoms with Crippen molar-refractivity contribution >= 4 is 0 Å². The molecule has 1 fully saturated rings. The van der Waals surface area contributed by atoms with Crippen LogP contribution < -0.4 is 15.2 Å². The molecule has 0 aliphatic heterocycles. The molecule has 0 unspecified atom stereocenters. The van der Waals surface area contributed by atoms with Gasteiger partial charge in [0, 0.05) is 11.6 Å². The summed E-state index contributed by atoms with van der Waals surface area (Å²) in [5, 5.41) is 0. The van der Waals surface area contributed by atoms with Gasteiger partial charge in [-0.15, -0.1) is 0 Å². The first-order valence-corrected chi connectivity index (χ1v) is 6.63. The molecule has 1 saturated carbocycles. The quantitative estimate of drug-likeness (QED) is 0.895. The summed E-state index contributed by atoms with van der Waals surface area (Å²) in [6.07, 6.45) is 5.79. The fourth-order valence-electron chi connectivity index (χ4n) is 2.96. The second-order valence-electron chi connectivity index (χ2n) is 5.22. The summed E-state index contributed by atoms with van der Waals surface area (Å²) in [5.74, 6) is 1.68. The SMILES string of the molecule is COc1cc(OC)c(C)c(C2(N)CCCCC2)c1. The number of rotatable bonds is 3. The Kier molecular flexibility index (Phi) is 3.81. The molecule has 2 rings (SSSR count). The highest BCUT2D eigenvalue weighted by Gasteiger charge is 2.32. The summed E-state index contributed by atoms with van der Waals surface area (Å²) >= 11 is 0. The van der Waals surface area contributed by atoms with Gasteiger partial charge >= 0.3 is 0 Å². The van der Waals surface area contributed by atoms with Crippen LogP contribution in [0.25, 0.3) is 0 Å². The van der Waals surface area contributed by atoms with E-state index >= 15 is 0 Å². The predicted molar refractivity (Wildman–Crippen MR) is 73.2 cm³/mol. The second-order valence-corrected chi connectivity index (χ2v) is 5.22. The topological polar surface area (TPSA) is 44.5 Å². The molecular formula is C15H23NO2. The van der Waals surface area contributed by atoms with E-state index in [1.165, 1.54) is 24.8 Å². The Bertz CT molecular complexity index is 423. The number of benzene rings is 1. The monoisotopic (exact) mass is 249 g/mol. The lowest BCUT2D eigenvalue weighted by molar-refractivity contribution is 0.297. The molecule has 0 radical (unpaired) electrons. The lowest BCUT2D eigenvalue weighted by Gasteiger charge is -2.35. The summed E-state index contributed by atoms with van der Waals surface area (Å²) < 4.78 is 10.8. The van der Waals surface area contributed by atoms with Crippen LogP contribution in [0.2, 0.25) is 0 Å². The molecule has 0 heterocycles. The zero-order valence-corrected chi connectivity index (χ0v) is 11.6. The lowest BCUT2D eigenvalue weighted by atomic mass is 9.76. The van der Waals surface area contributed by atoms with Crippen LogP contribution in [0.5, 0.6) is 11.5 Å². The minimum absolute atomic E-state index is 0.218. The summed E-state index contributed by atoms with van der Waals surface area (Å²) in [6.45, 7) is 2.08. The van der Waals surface area contributed by atoms with E-state index in [1.54, 1.807) is 14.2 Å². The fraction of sp³-hybridized carbons (Fsp3) is 0.600. The predicted octanol–water partition coefficient (Wildman–Crippen LogP) is 3.13. The van der Waals surface area contributed by atoms with E-state index in [9.17, 15) is 0 Å². The van der Waals surface area contributed by atoms with Crippen LogP contribution in [0.15, 0.2) is 12.1 Å². The molecule has 3 nitrogen and oxygen atoms in total. The Balaban J connectivity index is 2.47. The number of nitrogens with two attached hydrogens (primary N) is 1. The number of ether oxygens (including phenoxy) is 2. The number of hydrogen-bond acceptors (Lipinski definition) is 3. The van der Waals surface area contributed by atoms with Crippen molar-refractivity contribution in [3.05, 3.63) is 23.3 Å². The van der Waals surface area contributed by atoms with Gasteiger partial charge in [0.25, 0.3) is 0 Å². The van der Waals surface area contributed by atoms with Gasteiger partial charge in [0.1, 0.15) is 11.5 Å². The van der Waals surface area contributed by atoms with Crippen molar-refractivity contribution in [1.82, 2.24) is 0 Å². The number of methoxy groups -OCH3 is 2. The van der Waals surface area contributed by atoms with E-state index in [-0.39, 0.29) is 5.54 Å². The third-order valence-electron chi connectivity index (χ3n) is 4.07. The van der Waals surface area contributed by atoms with Crippen molar-refractivity contribution in [3.8, 4) is 11.5 Å². The van der Waals surface area contributed by atoms with Crippen molar-refractivity contribution < 1.29 is 9.47 Å². The fourth-order valence-corrected chi connectivity index (χ4v) is 2.96. The molecule has 3 heteroatoms. The van der Waals surface area contributed by atoms with Crippen molar-refractivity contribution in [2.24, 2.45) is 5.73 Å². The maximum absolute atomic E-state index is 6.62. The van der Waals surface area contributed by atoms with Gasteiger partial charge in [-0.05, 0) is 37.0 Å². The Hall–Kier alpha value is -1.22. The van der Waals surface area contributed by atoms with E-state index in [1.807, 2.05) is 6.07 Å². The van der Waals surface area contributed by atoms with Crippen LogP contribution >= 0.6 is 0 Å². The van der Waals surface area contributed by atoms with Crippen LogP contribution in [-0.4, -0.2) is 14.2 Å². The molecule has 1 aliphatic rings. The first-order chi connectivity index (χ1) is 8.60. The van der Waals surface area contributed by atoms with Gasteiger partial charge in [-0.1, -0.05) is 19.3 Å². The smallest absolute Gasteiger partial charge is 0.125 e. The Morgan fingerprint density at radius 3 is 2.28 bits per heavy atom. The highest BCUT2D eigenvalue weighted by atomic mass is 16.5. The van der Waals surface area contributed by atoms with Gasteiger partial charge in [0.05, 0.1) is 14.2 Å². The van der Waals surface area contributed by atoms with E-state index in [0.29, 0.717) is 0 Å². The number of hydrogen-bond donors (Lipinski definition) is 1. The molecule has 0 aromatic heterocycles. The molecule has 100 valence electrons. The molecule has 0 spiro atoms. The molecule has 2 N–H and O–H groups in total. The highest BCUT2D eigenvalue weighted by molar-refractivity contribution is 5.49. The zero-order valence-electron chi connectivity index (χ0n) is 11.6. The molecular weight excluding hydrogens is 226 g/mol. The Morgan fingerprint density at radius 2 is 1.72 bits per heavy atom. The maximum atomic E-state index is 6.62. The molecule has 18 heavy (non-hydrogen) atoms. The summed E-state index contributed by atoms with van der Waals surface area (Å²) in [6, 6.07) is 3.99. The third-order valence-corrected chi connectivity index (χ3v) is 4.07. The van der Waals surface area contributed by atoms with Gasteiger partial charge in [0.15, 0.2) is 0 Å². The molecule has 0 amide bonds. The van der Waals surface area contributed by atoms with Gasteiger partial charge in [-0.25, -0.2) is 0 Å². The maximum Gasteiger partial charge on any atom is 0.125 e. The average Bonchev–Trinajstić information content (AvgIpc) is 2.39. The minimum Gasteiger partial charge on any atom is -0.497 e. The van der Waals surface area contributed by atoms with E-state index in [4.69, 9.17) is 15.2 Å². The summed E-state index contributed by atoms with van der Waals surface area (Å²) in [4.78, 5) is 0. The Morgan fingerprint density at radius 1 is 1.06 bits per heavy atom. The van der Waals surface area contributed by atoms with Gasteiger partial charge in [0.2, 0.25) is 0 Å². The molecule has 1 aromatic carbocycles. The van der Waals surface area contributed by atoms with E-state index in [2.05, 4.69) is 13.0 Å². The summed E-state index contributed by atoms with van der Waals surface area (Å²) in [7, 11) is 3.37. The average molecular weight is 249 g/mol. The van der Waals surface area contributed by atoms with Crippen LogP contribution in [0.3, 0.4) is 0 Å². The lowest BCUT2D eigenvalue weighted by Crippen LogP contribution is -2.39. The molecule has 0 saturated heterocycles. The summed E-state index contributed by atoms with van der Waals surface area (Å²) in [5.41, 5.74) is 8.72. The van der Waals surface area contributed by atoms with Crippen LogP contribution in [0.1, 0.15) is 43.2 Å². The highest BCUT2D eigenvalue weighted by Crippen LogP contribution is 2.40.